The third-order valence-electron chi connectivity index (χ3n) is 8.33. The second-order valence-electron chi connectivity index (χ2n) is 11.3. The lowest BCUT2D eigenvalue weighted by molar-refractivity contribution is -0.110. The van der Waals surface area contributed by atoms with Crippen LogP contribution in [0.2, 0.25) is 0 Å². The molecule has 3 N–H and O–H groups in total. The number of likely N-dealkylation sites (tertiary alicyclic amines) is 1. The average Bonchev–Trinajstić information content (AvgIpc) is 3.39. The Balaban J connectivity index is 1.31. The van der Waals surface area contributed by atoms with E-state index in [9.17, 15) is 9.59 Å². The summed E-state index contributed by atoms with van der Waals surface area (Å²) in [7, 11) is 0. The van der Waals surface area contributed by atoms with Crippen molar-refractivity contribution in [2.75, 3.05) is 23.7 Å². The first-order valence-corrected chi connectivity index (χ1v) is 15.3. The number of fused-ring (bicyclic) bond motifs is 1. The van der Waals surface area contributed by atoms with Crippen molar-refractivity contribution in [3.05, 3.63) is 131 Å². The normalized spacial score (nSPS) is 16.6. The Kier molecular flexibility index (Phi) is 8.66. The van der Waals surface area contributed by atoms with Gasteiger partial charge in [-0.3, -0.25) is 14.5 Å². The first-order valence-electron chi connectivity index (χ1n) is 15.3. The number of amides is 2. The molecule has 0 unspecified atom stereocenters. The van der Waals surface area contributed by atoms with Crippen molar-refractivity contribution < 1.29 is 9.59 Å². The zero-order valence-corrected chi connectivity index (χ0v) is 24.6. The van der Waals surface area contributed by atoms with Crippen LogP contribution in [-0.2, 0) is 11.3 Å². The van der Waals surface area contributed by atoms with Gasteiger partial charge in [0, 0.05) is 29.0 Å². The Bertz CT molecular complexity index is 1610. The number of carbonyl (C=O) groups excluding carboxylic acids is 2. The van der Waals surface area contributed by atoms with Gasteiger partial charge in [0.15, 0.2) is 0 Å². The molecule has 0 radical (unpaired) electrons. The first kappa shape index (κ1) is 28.4. The van der Waals surface area contributed by atoms with Crippen molar-refractivity contribution in [1.29, 1.82) is 0 Å². The topological polar surface area (TPSA) is 73.5 Å². The van der Waals surface area contributed by atoms with Crippen LogP contribution in [0.1, 0.15) is 71.3 Å². The van der Waals surface area contributed by atoms with Gasteiger partial charge in [-0.05, 0) is 79.4 Å². The highest BCUT2D eigenvalue weighted by atomic mass is 16.2. The minimum Gasteiger partial charge on any atom is -0.354 e. The van der Waals surface area contributed by atoms with Crippen LogP contribution in [0.5, 0.6) is 0 Å². The molecule has 6 rings (SSSR count). The van der Waals surface area contributed by atoms with Crippen molar-refractivity contribution in [1.82, 2.24) is 10.2 Å². The molecule has 43 heavy (non-hydrogen) atoms. The molecule has 1 saturated heterocycles. The highest BCUT2D eigenvalue weighted by molar-refractivity contribution is 6.37. The van der Waals surface area contributed by atoms with E-state index in [0.717, 1.165) is 42.9 Å². The molecule has 0 spiro atoms. The molecular weight excluding hydrogens is 532 g/mol. The van der Waals surface area contributed by atoms with Crippen LogP contribution in [0.25, 0.3) is 11.3 Å². The van der Waals surface area contributed by atoms with E-state index >= 15 is 0 Å². The third-order valence-corrected chi connectivity index (χ3v) is 8.33. The minimum absolute atomic E-state index is 0.101. The fourth-order valence-electron chi connectivity index (χ4n) is 6.00. The van der Waals surface area contributed by atoms with Crippen LogP contribution in [0.3, 0.4) is 0 Å². The van der Waals surface area contributed by atoms with Gasteiger partial charge in [-0.15, -0.1) is 0 Å². The maximum atomic E-state index is 13.5. The molecule has 0 aliphatic carbocycles. The fraction of sp³-hybridized carbons (Fsp3) is 0.243. The van der Waals surface area contributed by atoms with E-state index in [1.54, 1.807) is 6.07 Å². The molecule has 4 aromatic carbocycles. The maximum absolute atomic E-state index is 13.5. The number of carbonyl (C=O) groups is 2. The first-order chi connectivity index (χ1) is 21.1. The van der Waals surface area contributed by atoms with Crippen LogP contribution < -0.4 is 16.0 Å². The molecular formula is C37H38N4O2. The molecule has 2 aliphatic heterocycles. The van der Waals surface area contributed by atoms with Crippen LogP contribution in [0, 0.1) is 0 Å². The quantitative estimate of drug-likeness (QED) is 0.182. The van der Waals surface area contributed by atoms with E-state index < -0.39 is 0 Å². The summed E-state index contributed by atoms with van der Waals surface area (Å²) in [5, 5.41) is 9.74. The Morgan fingerprint density at radius 1 is 0.837 bits per heavy atom. The lowest BCUT2D eigenvalue weighted by atomic mass is 9.97. The summed E-state index contributed by atoms with van der Waals surface area (Å²) in [4.78, 5) is 29.4. The minimum atomic E-state index is -0.198. The summed E-state index contributed by atoms with van der Waals surface area (Å²) < 4.78 is 0. The summed E-state index contributed by atoms with van der Waals surface area (Å²) in [6.45, 7) is 5.33. The average molecular weight is 571 g/mol. The smallest absolute Gasteiger partial charge is 0.258 e. The predicted octanol–water partition coefficient (Wildman–Crippen LogP) is 7.49. The molecule has 2 heterocycles. The third kappa shape index (κ3) is 6.55. The van der Waals surface area contributed by atoms with Crippen LogP contribution in [0.4, 0.5) is 11.4 Å². The summed E-state index contributed by atoms with van der Waals surface area (Å²) in [6, 6.07) is 33.6. The number of piperidine rings is 1. The molecule has 6 nitrogen and oxygen atoms in total. The molecule has 1 fully saturated rings. The van der Waals surface area contributed by atoms with Crippen molar-refractivity contribution in [3.63, 3.8) is 0 Å². The van der Waals surface area contributed by atoms with Crippen molar-refractivity contribution >= 4 is 34.5 Å². The predicted molar refractivity (Wildman–Crippen MR) is 174 cm³/mol. The van der Waals surface area contributed by atoms with Gasteiger partial charge in [0.1, 0.15) is 0 Å². The monoisotopic (exact) mass is 570 g/mol. The van der Waals surface area contributed by atoms with Gasteiger partial charge in [-0.2, -0.15) is 0 Å². The summed E-state index contributed by atoms with van der Waals surface area (Å²) in [5.74, 6) is -0.368. The number of benzene rings is 4. The van der Waals surface area contributed by atoms with E-state index in [1.165, 1.54) is 24.8 Å². The lowest BCUT2D eigenvalue weighted by Crippen LogP contribution is -2.29. The standard InChI is InChI=1S/C37H38N4O2/c1-2-32(27-12-6-3-7-13-27)39-36(42)29-18-21-33-31(24-29)34(37(43)40-33)35(28-14-8-4-9-15-28)38-30-19-16-26(17-20-30)25-41-22-10-5-11-23-41/h3-4,6-9,12-21,24,32,38H,2,5,10-11,22-23,25H2,1H3,(H,39,42)(H,40,43)/b35-34-/t32-/m0/s1. The molecule has 2 aliphatic rings. The summed E-state index contributed by atoms with van der Waals surface area (Å²) in [5.41, 5.74) is 7.27. The molecule has 2 amide bonds. The Morgan fingerprint density at radius 2 is 1.53 bits per heavy atom. The van der Waals surface area contributed by atoms with Gasteiger partial charge < -0.3 is 16.0 Å². The number of anilines is 2. The zero-order valence-electron chi connectivity index (χ0n) is 24.6. The molecule has 0 aromatic heterocycles. The van der Waals surface area contributed by atoms with Gasteiger partial charge in [0.2, 0.25) is 0 Å². The largest absolute Gasteiger partial charge is 0.354 e. The Hall–Kier alpha value is -4.68. The van der Waals surface area contributed by atoms with Crippen LogP contribution in [-0.4, -0.2) is 29.8 Å². The Morgan fingerprint density at radius 3 is 2.23 bits per heavy atom. The second kappa shape index (κ2) is 13.1. The van der Waals surface area contributed by atoms with Crippen molar-refractivity contribution in [2.45, 2.75) is 45.2 Å². The molecule has 6 heteroatoms. The van der Waals surface area contributed by atoms with Gasteiger partial charge in [0.25, 0.3) is 11.8 Å². The van der Waals surface area contributed by atoms with E-state index in [4.69, 9.17) is 0 Å². The number of nitrogens with zero attached hydrogens (tertiary/aromatic N) is 1. The molecule has 218 valence electrons. The number of rotatable bonds is 9. The maximum Gasteiger partial charge on any atom is 0.258 e. The van der Waals surface area contributed by atoms with E-state index in [-0.39, 0.29) is 17.9 Å². The SMILES string of the molecule is CC[C@H](NC(=O)c1ccc2c(c1)/C(=C(/Nc1ccc(CN3CCCCC3)cc1)c1ccccc1)C(=O)N2)c1ccccc1. The van der Waals surface area contributed by atoms with Gasteiger partial charge in [-0.25, -0.2) is 0 Å². The summed E-state index contributed by atoms with van der Waals surface area (Å²) >= 11 is 0. The molecule has 4 aromatic rings. The molecule has 0 bridgehead atoms. The van der Waals surface area contributed by atoms with Crippen LogP contribution >= 0.6 is 0 Å². The van der Waals surface area contributed by atoms with E-state index in [2.05, 4.69) is 52.0 Å². The fourth-order valence-corrected chi connectivity index (χ4v) is 6.00. The number of hydrogen-bond acceptors (Lipinski definition) is 4. The van der Waals surface area contributed by atoms with E-state index in [1.807, 2.05) is 72.8 Å². The highest BCUT2D eigenvalue weighted by Crippen LogP contribution is 2.38. The Labute approximate surface area is 253 Å². The summed E-state index contributed by atoms with van der Waals surface area (Å²) in [6.07, 6.45) is 4.64. The number of nitrogens with one attached hydrogen (secondary N) is 3. The lowest BCUT2D eigenvalue weighted by Gasteiger charge is -2.26. The van der Waals surface area contributed by atoms with Gasteiger partial charge in [-0.1, -0.05) is 86.1 Å². The second-order valence-corrected chi connectivity index (χ2v) is 11.3. The van der Waals surface area contributed by atoms with Crippen molar-refractivity contribution in [3.8, 4) is 0 Å². The van der Waals surface area contributed by atoms with Crippen molar-refractivity contribution in [2.24, 2.45) is 0 Å². The van der Waals surface area contributed by atoms with Crippen LogP contribution in [0.15, 0.2) is 103 Å². The van der Waals surface area contributed by atoms with Gasteiger partial charge in [0.05, 0.1) is 17.3 Å². The highest BCUT2D eigenvalue weighted by Gasteiger charge is 2.30. The molecule has 1 atom stereocenters. The van der Waals surface area contributed by atoms with E-state index in [0.29, 0.717) is 28.1 Å². The zero-order chi connectivity index (χ0) is 29.6. The molecule has 0 saturated carbocycles. The van der Waals surface area contributed by atoms with Gasteiger partial charge >= 0.3 is 0 Å². The number of hydrogen-bond donors (Lipinski definition) is 3.